The fourth-order valence-corrected chi connectivity index (χ4v) is 2.49. The summed E-state index contributed by atoms with van der Waals surface area (Å²) in [5, 5.41) is 0. The van der Waals surface area contributed by atoms with Gasteiger partial charge < -0.3 is 9.64 Å². The van der Waals surface area contributed by atoms with Crippen molar-refractivity contribution in [1.29, 1.82) is 0 Å². The predicted molar refractivity (Wildman–Crippen MR) is 73.0 cm³/mol. The third kappa shape index (κ3) is 2.08. The van der Waals surface area contributed by atoms with Crippen molar-refractivity contribution in [2.24, 2.45) is 0 Å². The van der Waals surface area contributed by atoms with Crippen molar-refractivity contribution in [2.45, 2.75) is 13.1 Å². The van der Waals surface area contributed by atoms with Gasteiger partial charge in [0, 0.05) is 13.1 Å². The summed E-state index contributed by atoms with van der Waals surface area (Å²) in [5.41, 5.74) is 2.89. The lowest BCUT2D eigenvalue weighted by Gasteiger charge is -2.15. The van der Waals surface area contributed by atoms with Crippen LogP contribution in [-0.2, 0) is 13.1 Å². The molecule has 0 spiro atoms. The van der Waals surface area contributed by atoms with Crippen LogP contribution in [0, 0.1) is 0 Å². The van der Waals surface area contributed by atoms with E-state index in [4.69, 9.17) is 4.74 Å². The van der Waals surface area contributed by atoms with Gasteiger partial charge in [-0.1, -0.05) is 42.5 Å². The molecule has 1 aliphatic rings. The molecule has 0 N–H and O–H groups in total. The quantitative estimate of drug-likeness (QED) is 0.841. The Morgan fingerprint density at radius 2 is 1.89 bits per heavy atom. The Hall–Kier alpha value is -2.29. The van der Waals surface area contributed by atoms with Gasteiger partial charge in [0.2, 0.25) is 0 Å². The van der Waals surface area contributed by atoms with Gasteiger partial charge in [-0.3, -0.25) is 4.79 Å². The highest BCUT2D eigenvalue weighted by Crippen LogP contribution is 2.31. The zero-order valence-corrected chi connectivity index (χ0v) is 10.8. The summed E-state index contributed by atoms with van der Waals surface area (Å²) >= 11 is 0. The molecule has 1 heterocycles. The fraction of sp³-hybridized carbons (Fsp3) is 0.188. The number of nitrogens with zero attached hydrogens (tertiary/aromatic N) is 1. The molecule has 1 aliphatic heterocycles. The van der Waals surface area contributed by atoms with Crippen LogP contribution < -0.4 is 4.74 Å². The van der Waals surface area contributed by atoms with Crippen molar-refractivity contribution in [3.63, 3.8) is 0 Å². The Labute approximate surface area is 112 Å². The smallest absolute Gasteiger partial charge is 0.258 e. The number of rotatable bonds is 3. The average Bonchev–Trinajstić information content (AvgIpc) is 2.77. The Morgan fingerprint density at radius 1 is 1.11 bits per heavy atom. The van der Waals surface area contributed by atoms with Gasteiger partial charge >= 0.3 is 0 Å². The number of fused-ring (bicyclic) bond motifs is 1. The standard InChI is InChI=1S/C16H15NO2/c1-19-14-9-5-8-13-11-17(16(18)15(13)14)10-12-6-3-2-4-7-12/h2-9H,10-11H2,1H3. The van der Waals surface area contributed by atoms with Crippen molar-refractivity contribution in [1.82, 2.24) is 4.90 Å². The molecule has 0 unspecified atom stereocenters. The Morgan fingerprint density at radius 3 is 2.63 bits per heavy atom. The molecule has 0 saturated carbocycles. The minimum Gasteiger partial charge on any atom is -0.496 e. The van der Waals surface area contributed by atoms with E-state index in [0.29, 0.717) is 24.4 Å². The molecule has 1 amide bonds. The van der Waals surface area contributed by atoms with Crippen LogP contribution in [0.15, 0.2) is 48.5 Å². The highest BCUT2D eigenvalue weighted by Gasteiger charge is 2.30. The first-order chi connectivity index (χ1) is 9.29. The number of carbonyl (C=O) groups excluding carboxylic acids is 1. The van der Waals surface area contributed by atoms with Gasteiger partial charge in [-0.2, -0.15) is 0 Å². The van der Waals surface area contributed by atoms with Gasteiger partial charge in [-0.15, -0.1) is 0 Å². The molecule has 2 aromatic carbocycles. The molecule has 0 aliphatic carbocycles. The molecule has 0 atom stereocenters. The van der Waals surface area contributed by atoms with Crippen LogP contribution >= 0.6 is 0 Å². The molecule has 0 bridgehead atoms. The lowest BCUT2D eigenvalue weighted by Crippen LogP contribution is -2.23. The second-order valence-electron chi connectivity index (χ2n) is 4.64. The summed E-state index contributed by atoms with van der Waals surface area (Å²) in [4.78, 5) is 14.3. The third-order valence-corrected chi connectivity index (χ3v) is 3.41. The van der Waals surface area contributed by atoms with E-state index in [1.807, 2.05) is 53.4 Å². The summed E-state index contributed by atoms with van der Waals surface area (Å²) in [6.45, 7) is 1.29. The molecule has 3 nitrogen and oxygen atoms in total. The molecule has 0 aromatic heterocycles. The van der Waals surface area contributed by atoms with E-state index in [9.17, 15) is 4.79 Å². The lowest BCUT2D eigenvalue weighted by molar-refractivity contribution is 0.0764. The van der Waals surface area contributed by atoms with Crippen LogP contribution in [-0.4, -0.2) is 17.9 Å². The number of hydrogen-bond acceptors (Lipinski definition) is 2. The van der Waals surface area contributed by atoms with Crippen LogP contribution in [0.25, 0.3) is 0 Å². The molecule has 0 fully saturated rings. The molecule has 96 valence electrons. The van der Waals surface area contributed by atoms with E-state index in [0.717, 1.165) is 11.1 Å². The number of carbonyl (C=O) groups is 1. The molecule has 3 rings (SSSR count). The number of methoxy groups -OCH3 is 1. The summed E-state index contributed by atoms with van der Waals surface area (Å²) in [7, 11) is 1.60. The molecule has 0 radical (unpaired) electrons. The van der Waals surface area contributed by atoms with Crippen molar-refractivity contribution in [3.8, 4) is 5.75 Å². The Balaban J connectivity index is 1.88. The summed E-state index contributed by atoms with van der Waals surface area (Å²) in [6, 6.07) is 15.8. The summed E-state index contributed by atoms with van der Waals surface area (Å²) < 4.78 is 5.28. The summed E-state index contributed by atoms with van der Waals surface area (Å²) in [6.07, 6.45) is 0. The topological polar surface area (TPSA) is 29.5 Å². The second-order valence-corrected chi connectivity index (χ2v) is 4.64. The normalized spacial score (nSPS) is 13.5. The van der Waals surface area contributed by atoms with Gasteiger partial charge in [0.05, 0.1) is 12.7 Å². The van der Waals surface area contributed by atoms with E-state index in [1.54, 1.807) is 7.11 Å². The average molecular weight is 253 g/mol. The van der Waals surface area contributed by atoms with Crippen LogP contribution in [0.1, 0.15) is 21.5 Å². The van der Waals surface area contributed by atoms with Crippen molar-refractivity contribution < 1.29 is 9.53 Å². The van der Waals surface area contributed by atoms with Crippen LogP contribution in [0.3, 0.4) is 0 Å². The third-order valence-electron chi connectivity index (χ3n) is 3.41. The molecule has 0 saturated heterocycles. The highest BCUT2D eigenvalue weighted by atomic mass is 16.5. The molecule has 19 heavy (non-hydrogen) atoms. The first-order valence-electron chi connectivity index (χ1n) is 6.28. The Bertz CT molecular complexity index is 607. The van der Waals surface area contributed by atoms with Gasteiger partial charge in [-0.25, -0.2) is 0 Å². The Kier molecular flexibility index (Phi) is 2.95. The van der Waals surface area contributed by atoms with Gasteiger partial charge in [0.15, 0.2) is 0 Å². The number of hydrogen-bond donors (Lipinski definition) is 0. The van der Waals surface area contributed by atoms with E-state index in [-0.39, 0.29) is 5.91 Å². The SMILES string of the molecule is COc1cccc2c1C(=O)N(Cc1ccccc1)C2. The largest absolute Gasteiger partial charge is 0.496 e. The van der Waals surface area contributed by atoms with E-state index >= 15 is 0 Å². The van der Waals surface area contributed by atoms with E-state index in [1.165, 1.54) is 0 Å². The number of benzene rings is 2. The number of amides is 1. The minimum absolute atomic E-state index is 0.0521. The van der Waals surface area contributed by atoms with Crippen molar-refractivity contribution in [3.05, 3.63) is 65.2 Å². The monoisotopic (exact) mass is 253 g/mol. The minimum atomic E-state index is 0.0521. The maximum atomic E-state index is 12.4. The first kappa shape index (κ1) is 11.8. The molecular weight excluding hydrogens is 238 g/mol. The van der Waals surface area contributed by atoms with E-state index < -0.39 is 0 Å². The van der Waals surface area contributed by atoms with E-state index in [2.05, 4.69) is 0 Å². The molecule has 3 heteroatoms. The van der Waals surface area contributed by atoms with Crippen molar-refractivity contribution in [2.75, 3.05) is 7.11 Å². The zero-order valence-electron chi connectivity index (χ0n) is 10.8. The molecule has 2 aromatic rings. The fourth-order valence-electron chi connectivity index (χ4n) is 2.49. The van der Waals surface area contributed by atoms with Gasteiger partial charge in [-0.05, 0) is 17.2 Å². The lowest BCUT2D eigenvalue weighted by atomic mass is 10.1. The van der Waals surface area contributed by atoms with Crippen LogP contribution in [0.5, 0.6) is 5.75 Å². The molecular formula is C16H15NO2. The van der Waals surface area contributed by atoms with Crippen LogP contribution in [0.4, 0.5) is 0 Å². The first-order valence-corrected chi connectivity index (χ1v) is 6.28. The maximum Gasteiger partial charge on any atom is 0.258 e. The second kappa shape index (κ2) is 4.76. The summed E-state index contributed by atoms with van der Waals surface area (Å²) in [5.74, 6) is 0.717. The van der Waals surface area contributed by atoms with Crippen molar-refractivity contribution >= 4 is 5.91 Å². The maximum absolute atomic E-state index is 12.4. The predicted octanol–water partition coefficient (Wildman–Crippen LogP) is 2.85. The van der Waals surface area contributed by atoms with Gasteiger partial charge in [0.25, 0.3) is 5.91 Å². The van der Waals surface area contributed by atoms with Gasteiger partial charge in [0.1, 0.15) is 5.75 Å². The number of ether oxygens (including phenoxy) is 1. The van der Waals surface area contributed by atoms with Crippen LogP contribution in [0.2, 0.25) is 0 Å². The highest BCUT2D eigenvalue weighted by molar-refractivity contribution is 6.00. The zero-order chi connectivity index (χ0) is 13.2.